The summed E-state index contributed by atoms with van der Waals surface area (Å²) in [7, 11) is -3.54. The van der Waals surface area contributed by atoms with Crippen LogP contribution in [0.15, 0.2) is 23.2 Å². The smallest absolute Gasteiger partial charge is 0.242 e. The van der Waals surface area contributed by atoms with E-state index in [1.165, 1.54) is 18.3 Å². The number of nitrogens with one attached hydrogen (secondary N) is 1. The Labute approximate surface area is 135 Å². The summed E-state index contributed by atoms with van der Waals surface area (Å²) < 4.78 is 27.5. The molecule has 0 bridgehead atoms. The highest BCUT2D eigenvalue weighted by Gasteiger charge is 2.26. The number of pyridine rings is 1. The van der Waals surface area contributed by atoms with Gasteiger partial charge >= 0.3 is 0 Å². The van der Waals surface area contributed by atoms with E-state index in [0.717, 1.165) is 25.7 Å². The van der Waals surface area contributed by atoms with Gasteiger partial charge in [-0.3, -0.25) is 4.98 Å². The van der Waals surface area contributed by atoms with E-state index in [0.29, 0.717) is 10.9 Å². The van der Waals surface area contributed by atoms with E-state index in [2.05, 4.69) is 16.0 Å². The van der Waals surface area contributed by atoms with Gasteiger partial charge in [0.15, 0.2) is 0 Å². The van der Waals surface area contributed by atoms with Crippen LogP contribution in [0.25, 0.3) is 0 Å². The minimum atomic E-state index is -3.54. The second kappa shape index (κ2) is 7.04. The largest absolute Gasteiger partial charge is 0.388 e. The molecule has 1 fully saturated rings. The lowest BCUT2D eigenvalue weighted by Crippen LogP contribution is -2.39. The lowest BCUT2D eigenvalue weighted by atomic mass is 9.96. The van der Waals surface area contributed by atoms with Crippen molar-refractivity contribution in [1.29, 1.82) is 0 Å². The molecule has 5 nitrogen and oxygen atoms in total. The van der Waals surface area contributed by atoms with Crippen LogP contribution in [0.3, 0.4) is 0 Å². The maximum Gasteiger partial charge on any atom is 0.242 e. The van der Waals surface area contributed by atoms with Gasteiger partial charge < -0.3 is 5.73 Å². The third-order valence-corrected chi connectivity index (χ3v) is 6.39. The maximum absolute atomic E-state index is 12.4. The Balaban J connectivity index is 2.09. The Morgan fingerprint density at radius 3 is 2.81 bits per heavy atom. The number of hydrogen-bond acceptors (Lipinski definition) is 5. The first-order valence-corrected chi connectivity index (χ1v) is 9.91. The second-order valence-electron chi connectivity index (χ2n) is 5.09. The Bertz CT molecular complexity index is 602. The molecule has 0 aliphatic heterocycles. The number of nitrogens with two attached hydrogens (primary N) is 1. The molecule has 1 aromatic rings. The maximum atomic E-state index is 12.4. The Morgan fingerprint density at radius 2 is 2.24 bits per heavy atom. The third kappa shape index (κ3) is 4.38. The van der Waals surface area contributed by atoms with Gasteiger partial charge in [-0.05, 0) is 37.7 Å². The summed E-state index contributed by atoms with van der Waals surface area (Å²) in [5, 5.41) is 0.529. The monoisotopic (exact) mass is 345 g/mol. The van der Waals surface area contributed by atoms with E-state index < -0.39 is 10.0 Å². The molecule has 1 saturated carbocycles. The predicted octanol–water partition coefficient (Wildman–Crippen LogP) is 1.67. The Morgan fingerprint density at radius 1 is 1.48 bits per heavy atom. The molecule has 0 amide bonds. The van der Waals surface area contributed by atoms with Gasteiger partial charge in [-0.25, -0.2) is 13.1 Å². The quantitative estimate of drug-likeness (QED) is 0.790. The highest BCUT2D eigenvalue weighted by atomic mass is 32.2. The van der Waals surface area contributed by atoms with Gasteiger partial charge in [0.05, 0.1) is 5.69 Å². The van der Waals surface area contributed by atoms with Crippen molar-refractivity contribution >= 4 is 39.0 Å². The van der Waals surface area contributed by atoms with Crippen LogP contribution in [0, 0.1) is 0 Å². The fourth-order valence-electron chi connectivity index (χ4n) is 2.44. The first kappa shape index (κ1) is 16.7. The summed E-state index contributed by atoms with van der Waals surface area (Å²) in [4.78, 5) is 4.28. The number of hydrogen-bond donors (Lipinski definition) is 2. The number of rotatable bonds is 5. The van der Waals surface area contributed by atoms with Gasteiger partial charge in [-0.1, -0.05) is 18.6 Å². The highest BCUT2D eigenvalue weighted by Crippen LogP contribution is 2.27. The molecule has 8 heteroatoms. The average molecular weight is 346 g/mol. The molecule has 116 valence electrons. The minimum Gasteiger partial charge on any atom is -0.388 e. The van der Waals surface area contributed by atoms with Crippen LogP contribution in [0.1, 0.15) is 31.4 Å². The lowest BCUT2D eigenvalue weighted by Gasteiger charge is -2.28. The number of nitrogens with zero attached hydrogens (tertiary/aromatic N) is 1. The predicted molar refractivity (Wildman–Crippen MR) is 90.0 cm³/mol. The molecule has 0 spiro atoms. The zero-order valence-electron chi connectivity index (χ0n) is 11.8. The van der Waals surface area contributed by atoms with Crippen molar-refractivity contribution in [2.75, 3.05) is 6.26 Å². The Kier molecular flexibility index (Phi) is 5.59. The van der Waals surface area contributed by atoms with E-state index in [1.807, 2.05) is 0 Å². The van der Waals surface area contributed by atoms with Crippen molar-refractivity contribution in [1.82, 2.24) is 9.71 Å². The Hall–Kier alpha value is -0.700. The van der Waals surface area contributed by atoms with Crippen LogP contribution in [-0.2, 0) is 10.0 Å². The molecule has 0 saturated heterocycles. The van der Waals surface area contributed by atoms with Gasteiger partial charge in [0, 0.05) is 17.5 Å². The van der Waals surface area contributed by atoms with Gasteiger partial charge in [-0.15, -0.1) is 0 Å². The van der Waals surface area contributed by atoms with Crippen LogP contribution < -0.4 is 10.5 Å². The van der Waals surface area contributed by atoms with E-state index in [1.54, 1.807) is 11.8 Å². The van der Waals surface area contributed by atoms with Gasteiger partial charge in [0.25, 0.3) is 0 Å². The van der Waals surface area contributed by atoms with E-state index in [9.17, 15) is 8.42 Å². The van der Waals surface area contributed by atoms with Crippen LogP contribution in [0.2, 0.25) is 0 Å². The van der Waals surface area contributed by atoms with Crippen LogP contribution in [0.4, 0.5) is 0 Å². The number of thiocarbonyl (C=S) groups is 1. The van der Waals surface area contributed by atoms with Gasteiger partial charge in [0.2, 0.25) is 10.0 Å². The lowest BCUT2D eigenvalue weighted by molar-refractivity contribution is 0.420. The molecule has 3 N–H and O–H groups in total. The molecule has 1 aromatic heterocycles. The molecule has 2 unspecified atom stereocenters. The van der Waals surface area contributed by atoms with Crippen molar-refractivity contribution in [2.24, 2.45) is 5.73 Å². The first-order chi connectivity index (χ1) is 9.92. The van der Waals surface area contributed by atoms with Crippen molar-refractivity contribution in [2.45, 2.75) is 41.9 Å². The van der Waals surface area contributed by atoms with E-state index in [4.69, 9.17) is 18.0 Å². The van der Waals surface area contributed by atoms with E-state index >= 15 is 0 Å². The third-order valence-electron chi connectivity index (χ3n) is 3.58. The fourth-order valence-corrected chi connectivity index (χ4v) is 4.61. The summed E-state index contributed by atoms with van der Waals surface area (Å²) in [6, 6.07) is 3.01. The minimum absolute atomic E-state index is 0.00328. The fraction of sp³-hybridized carbons (Fsp3) is 0.538. The molecule has 2 rings (SSSR count). The summed E-state index contributed by atoms with van der Waals surface area (Å²) in [6.45, 7) is 0. The summed E-state index contributed by atoms with van der Waals surface area (Å²) >= 11 is 6.60. The highest BCUT2D eigenvalue weighted by molar-refractivity contribution is 7.99. The molecule has 21 heavy (non-hydrogen) atoms. The van der Waals surface area contributed by atoms with Crippen molar-refractivity contribution < 1.29 is 8.42 Å². The summed E-state index contributed by atoms with van der Waals surface area (Å²) in [6.07, 6.45) is 7.33. The summed E-state index contributed by atoms with van der Waals surface area (Å²) in [5.41, 5.74) is 5.87. The molecular formula is C13H19N3O2S3. The SMILES string of the molecule is CSC1CCCC(NS(=O)(=O)c2ccc(C(N)=S)nc2)C1. The zero-order valence-corrected chi connectivity index (χ0v) is 14.2. The molecule has 0 aromatic carbocycles. The number of sulfonamides is 1. The van der Waals surface area contributed by atoms with Crippen molar-refractivity contribution in [3.8, 4) is 0 Å². The van der Waals surface area contributed by atoms with Crippen LogP contribution in [0.5, 0.6) is 0 Å². The van der Waals surface area contributed by atoms with Gasteiger partial charge in [-0.2, -0.15) is 11.8 Å². The summed E-state index contributed by atoms with van der Waals surface area (Å²) in [5.74, 6) is 0. The number of thioether (sulfide) groups is 1. The molecular weight excluding hydrogens is 326 g/mol. The topological polar surface area (TPSA) is 85.1 Å². The second-order valence-corrected chi connectivity index (χ2v) is 8.38. The van der Waals surface area contributed by atoms with Crippen molar-refractivity contribution in [3.05, 3.63) is 24.0 Å². The molecule has 1 aliphatic carbocycles. The van der Waals surface area contributed by atoms with Crippen LogP contribution >= 0.6 is 24.0 Å². The molecule has 2 atom stereocenters. The zero-order chi connectivity index (χ0) is 15.5. The van der Waals surface area contributed by atoms with Gasteiger partial charge in [0.1, 0.15) is 9.88 Å². The first-order valence-electron chi connectivity index (χ1n) is 6.73. The average Bonchev–Trinajstić information content (AvgIpc) is 2.47. The number of aromatic nitrogens is 1. The molecule has 0 radical (unpaired) electrons. The standard InChI is InChI=1S/C13H19N3O2S3/c1-20-10-4-2-3-9(7-10)16-21(17,18)11-5-6-12(13(14)19)15-8-11/h5-6,8-10,16H,2-4,7H2,1H3,(H2,14,19). The molecule has 1 heterocycles. The van der Waals surface area contributed by atoms with Crippen LogP contribution in [-0.4, -0.2) is 35.9 Å². The molecule has 1 aliphatic rings. The van der Waals surface area contributed by atoms with Crippen molar-refractivity contribution in [3.63, 3.8) is 0 Å². The van der Waals surface area contributed by atoms with E-state index in [-0.39, 0.29) is 15.9 Å². The normalized spacial score (nSPS) is 22.9.